The third kappa shape index (κ3) is 4.92. The maximum Gasteiger partial charge on any atom is 0.241 e. The van der Waals surface area contributed by atoms with E-state index < -0.39 is 25.4 Å². The summed E-state index contributed by atoms with van der Waals surface area (Å²) >= 11 is 0. The molecule has 0 unspecified atom stereocenters. The predicted octanol–water partition coefficient (Wildman–Crippen LogP) is 1.92. The first kappa shape index (κ1) is 23.3. The number of hydrogen-bond acceptors (Lipinski definition) is 5. The Balaban J connectivity index is 0.00000529. The molecule has 0 atom stereocenters. The Hall–Kier alpha value is -0.670. The van der Waals surface area contributed by atoms with Gasteiger partial charge in [0.25, 0.3) is 0 Å². The van der Waals surface area contributed by atoms with Crippen molar-refractivity contribution >= 4 is 32.3 Å². The molecule has 9 heteroatoms. The zero-order valence-electron chi connectivity index (χ0n) is 14.7. The van der Waals surface area contributed by atoms with Crippen LogP contribution in [0, 0.1) is 13.8 Å². The van der Waals surface area contributed by atoms with Gasteiger partial charge in [0, 0.05) is 18.3 Å². The molecular weight excluding hydrogens is 372 g/mol. The van der Waals surface area contributed by atoms with Gasteiger partial charge in [-0.05, 0) is 49.9 Å². The summed E-state index contributed by atoms with van der Waals surface area (Å²) < 4.78 is 52.1. The van der Waals surface area contributed by atoms with E-state index in [2.05, 4.69) is 4.72 Å². The lowest BCUT2D eigenvalue weighted by Gasteiger charge is -2.31. The maximum absolute atomic E-state index is 12.8. The summed E-state index contributed by atoms with van der Waals surface area (Å²) in [6, 6.07) is 2.97. The molecule has 0 aromatic heterocycles. The summed E-state index contributed by atoms with van der Waals surface area (Å²) in [6.07, 6.45) is 2.16. The number of nitrogens with two attached hydrogens (primary N) is 1. The number of aryl methyl sites for hydroxylation is 1. The second-order valence-electron chi connectivity index (χ2n) is 5.96. The maximum atomic E-state index is 12.8. The molecule has 24 heavy (non-hydrogen) atoms. The van der Waals surface area contributed by atoms with Crippen molar-refractivity contribution in [3.05, 3.63) is 23.3 Å². The Bertz CT molecular complexity index is 778. The van der Waals surface area contributed by atoms with Gasteiger partial charge in [-0.3, -0.25) is 0 Å². The van der Waals surface area contributed by atoms with E-state index >= 15 is 0 Å². The minimum Gasteiger partial charge on any atom is -0.329 e. The summed E-state index contributed by atoms with van der Waals surface area (Å²) in [5.41, 5.74) is 5.82. The molecule has 1 aromatic carbocycles. The fraction of sp³-hybridized carbons (Fsp3) is 0.600. The summed E-state index contributed by atoms with van der Waals surface area (Å²) in [4.78, 5) is 0.0156. The minimum atomic E-state index is -3.88. The Labute approximate surface area is 151 Å². The monoisotopic (exact) mass is 398 g/mol. The zero-order chi connectivity index (χ0) is 18.1. The Morgan fingerprint density at radius 1 is 1.04 bits per heavy atom. The van der Waals surface area contributed by atoms with E-state index in [9.17, 15) is 16.8 Å². The van der Waals surface area contributed by atoms with Crippen molar-refractivity contribution in [3.8, 4) is 0 Å². The lowest BCUT2D eigenvalue weighted by atomic mass is 9.95. The Morgan fingerprint density at radius 3 is 1.88 bits per heavy atom. The van der Waals surface area contributed by atoms with Crippen LogP contribution in [0.15, 0.2) is 21.9 Å². The normalized spacial score (nSPS) is 12.8. The molecule has 0 bridgehead atoms. The quantitative estimate of drug-likeness (QED) is 0.729. The molecule has 0 spiro atoms. The van der Waals surface area contributed by atoms with E-state index in [1.165, 1.54) is 19.1 Å². The fourth-order valence-electron chi connectivity index (χ4n) is 2.52. The summed E-state index contributed by atoms with van der Waals surface area (Å²) in [7, 11) is -7.40. The van der Waals surface area contributed by atoms with Gasteiger partial charge in [-0.2, -0.15) is 0 Å². The van der Waals surface area contributed by atoms with Crippen LogP contribution in [-0.4, -0.2) is 35.2 Å². The van der Waals surface area contributed by atoms with Crippen molar-refractivity contribution in [2.75, 3.05) is 12.8 Å². The van der Waals surface area contributed by atoms with Crippen LogP contribution in [0.2, 0.25) is 0 Å². The number of halogens is 1. The molecule has 0 amide bonds. The van der Waals surface area contributed by atoms with E-state index in [1.54, 1.807) is 6.92 Å². The molecule has 1 rings (SSSR count). The van der Waals surface area contributed by atoms with Gasteiger partial charge < -0.3 is 5.73 Å². The van der Waals surface area contributed by atoms with Gasteiger partial charge in [-0.25, -0.2) is 21.6 Å². The summed E-state index contributed by atoms with van der Waals surface area (Å²) in [5.74, 6) is 0. The van der Waals surface area contributed by atoms with Crippen molar-refractivity contribution in [2.24, 2.45) is 5.73 Å². The molecule has 0 heterocycles. The van der Waals surface area contributed by atoms with Crippen LogP contribution < -0.4 is 10.5 Å². The molecule has 0 saturated carbocycles. The number of hydrogen-bond donors (Lipinski definition) is 2. The molecule has 6 nitrogen and oxygen atoms in total. The minimum absolute atomic E-state index is 0. The van der Waals surface area contributed by atoms with Crippen LogP contribution in [-0.2, 0) is 19.9 Å². The topological polar surface area (TPSA) is 106 Å². The lowest BCUT2D eigenvalue weighted by molar-refractivity contribution is 0.363. The second kappa shape index (κ2) is 8.14. The Kier molecular flexibility index (Phi) is 7.91. The molecule has 140 valence electrons. The third-order valence-electron chi connectivity index (χ3n) is 4.24. The van der Waals surface area contributed by atoms with Gasteiger partial charge in [-0.1, -0.05) is 13.8 Å². The van der Waals surface area contributed by atoms with Crippen molar-refractivity contribution in [3.63, 3.8) is 0 Å². The SMILES string of the molecule is CCC(CC)(CN)NS(=O)(=O)c1cc(C)cc(S(C)(=O)=O)c1C.Cl. The predicted molar refractivity (Wildman–Crippen MR) is 99.0 cm³/mol. The summed E-state index contributed by atoms with van der Waals surface area (Å²) in [5, 5.41) is 0. The highest BCUT2D eigenvalue weighted by molar-refractivity contribution is 7.91. The van der Waals surface area contributed by atoms with Gasteiger partial charge in [-0.15, -0.1) is 12.4 Å². The van der Waals surface area contributed by atoms with Crippen molar-refractivity contribution in [1.82, 2.24) is 4.72 Å². The van der Waals surface area contributed by atoms with Gasteiger partial charge in [0.15, 0.2) is 9.84 Å². The van der Waals surface area contributed by atoms with Crippen LogP contribution in [0.3, 0.4) is 0 Å². The average Bonchev–Trinajstić information content (AvgIpc) is 2.45. The number of sulfonamides is 1. The van der Waals surface area contributed by atoms with Crippen LogP contribution >= 0.6 is 12.4 Å². The van der Waals surface area contributed by atoms with Gasteiger partial charge >= 0.3 is 0 Å². The van der Waals surface area contributed by atoms with Crippen LogP contribution in [0.25, 0.3) is 0 Å². The van der Waals surface area contributed by atoms with Crippen molar-refractivity contribution in [1.29, 1.82) is 0 Å². The van der Waals surface area contributed by atoms with Gasteiger partial charge in [0.1, 0.15) is 0 Å². The molecule has 1 aromatic rings. The highest BCUT2D eigenvalue weighted by Gasteiger charge is 2.32. The van der Waals surface area contributed by atoms with E-state index in [0.717, 1.165) is 6.26 Å². The first-order valence-electron chi connectivity index (χ1n) is 7.48. The molecular formula is C15H27ClN2O4S2. The zero-order valence-corrected chi connectivity index (χ0v) is 17.2. The Morgan fingerprint density at radius 2 is 1.50 bits per heavy atom. The van der Waals surface area contributed by atoms with Crippen LogP contribution in [0.5, 0.6) is 0 Å². The highest BCUT2D eigenvalue weighted by Crippen LogP contribution is 2.27. The molecule has 0 aliphatic rings. The number of sulfone groups is 1. The molecule has 0 aliphatic heterocycles. The van der Waals surface area contributed by atoms with Crippen LogP contribution in [0.4, 0.5) is 0 Å². The number of nitrogens with one attached hydrogen (secondary N) is 1. The van der Waals surface area contributed by atoms with Crippen LogP contribution in [0.1, 0.15) is 37.8 Å². The lowest BCUT2D eigenvalue weighted by Crippen LogP contribution is -2.52. The van der Waals surface area contributed by atoms with E-state index in [4.69, 9.17) is 5.73 Å². The number of rotatable bonds is 7. The summed E-state index contributed by atoms with van der Waals surface area (Å²) in [6.45, 7) is 7.08. The number of benzene rings is 1. The highest BCUT2D eigenvalue weighted by atomic mass is 35.5. The standard InChI is InChI=1S/C15H26N2O4S2.ClH/c1-6-15(7-2,10-16)17-23(20,21)14-9-11(3)8-13(12(14)4)22(5,18)19;/h8-9,17H,6-7,10,16H2,1-5H3;1H. The van der Waals surface area contributed by atoms with E-state index in [1.807, 2.05) is 13.8 Å². The fourth-order valence-corrected chi connectivity index (χ4v) is 5.56. The van der Waals surface area contributed by atoms with E-state index in [0.29, 0.717) is 18.4 Å². The smallest absolute Gasteiger partial charge is 0.241 e. The largest absolute Gasteiger partial charge is 0.329 e. The molecule has 0 fully saturated rings. The second-order valence-corrected chi connectivity index (χ2v) is 9.59. The third-order valence-corrected chi connectivity index (χ3v) is 7.17. The van der Waals surface area contributed by atoms with E-state index in [-0.39, 0.29) is 34.3 Å². The first-order valence-corrected chi connectivity index (χ1v) is 10.8. The molecule has 3 N–H and O–H groups in total. The van der Waals surface area contributed by atoms with Crippen molar-refractivity contribution < 1.29 is 16.8 Å². The van der Waals surface area contributed by atoms with Gasteiger partial charge in [0.2, 0.25) is 10.0 Å². The molecule has 0 radical (unpaired) electrons. The molecule has 0 saturated heterocycles. The van der Waals surface area contributed by atoms with Gasteiger partial charge in [0.05, 0.1) is 9.79 Å². The average molecular weight is 399 g/mol. The first-order chi connectivity index (χ1) is 10.4. The molecule has 0 aliphatic carbocycles. The van der Waals surface area contributed by atoms with Crippen molar-refractivity contribution in [2.45, 2.75) is 55.9 Å².